The van der Waals surface area contributed by atoms with Crippen LogP contribution in [0.1, 0.15) is 50.3 Å². The Morgan fingerprint density at radius 2 is 1.78 bits per heavy atom. The van der Waals surface area contributed by atoms with Crippen molar-refractivity contribution in [2.75, 3.05) is 5.32 Å². The van der Waals surface area contributed by atoms with Gasteiger partial charge in [0, 0.05) is 5.56 Å². The molecule has 1 atom stereocenters. The number of carbonyl (C=O) groups excluding carboxylic acids is 1. The van der Waals surface area contributed by atoms with Crippen molar-refractivity contribution in [3.05, 3.63) is 71.7 Å². The zero-order valence-electron chi connectivity index (χ0n) is 15.8. The lowest BCUT2D eigenvalue weighted by atomic mass is 9.95. The van der Waals surface area contributed by atoms with E-state index in [0.717, 1.165) is 16.8 Å². The molecule has 0 saturated heterocycles. The second-order valence-corrected chi connectivity index (χ2v) is 6.88. The number of benzene rings is 2. The minimum Gasteiger partial charge on any atom is -0.322 e. The maximum absolute atomic E-state index is 13.3. The molecule has 0 spiro atoms. The van der Waals surface area contributed by atoms with Gasteiger partial charge in [0.1, 0.15) is 11.5 Å². The van der Waals surface area contributed by atoms with E-state index < -0.39 is 0 Å². The van der Waals surface area contributed by atoms with Gasteiger partial charge in [0.25, 0.3) is 0 Å². The van der Waals surface area contributed by atoms with Crippen LogP contribution in [0.2, 0.25) is 0 Å². The number of amides is 1. The van der Waals surface area contributed by atoms with Crippen LogP contribution in [-0.4, -0.2) is 16.1 Å². The van der Waals surface area contributed by atoms with E-state index >= 15 is 0 Å². The number of hydrogen-bond acceptors (Lipinski definition) is 2. The second-order valence-electron chi connectivity index (χ2n) is 6.88. The van der Waals surface area contributed by atoms with Crippen LogP contribution in [0.15, 0.2) is 54.6 Å². The van der Waals surface area contributed by atoms with Crippen molar-refractivity contribution in [2.45, 2.75) is 39.0 Å². The first-order valence-corrected chi connectivity index (χ1v) is 9.21. The number of hydrogen-bond donors (Lipinski definition) is 2. The van der Waals surface area contributed by atoms with Gasteiger partial charge in [0.05, 0.1) is 17.3 Å². The van der Waals surface area contributed by atoms with E-state index in [2.05, 4.69) is 15.5 Å². The fourth-order valence-electron chi connectivity index (χ4n) is 3.18. The number of aromatic amines is 1. The summed E-state index contributed by atoms with van der Waals surface area (Å²) in [4.78, 5) is 13.0. The molecule has 1 heterocycles. The highest BCUT2D eigenvalue weighted by atomic mass is 19.1. The Morgan fingerprint density at radius 3 is 2.37 bits per heavy atom. The maximum atomic E-state index is 13.3. The quantitative estimate of drug-likeness (QED) is 0.608. The van der Waals surface area contributed by atoms with Crippen LogP contribution < -0.4 is 5.32 Å². The van der Waals surface area contributed by atoms with E-state index in [-0.39, 0.29) is 23.6 Å². The van der Waals surface area contributed by atoms with Gasteiger partial charge in [-0.2, -0.15) is 5.10 Å². The first-order valence-electron chi connectivity index (χ1n) is 9.21. The fourth-order valence-corrected chi connectivity index (χ4v) is 3.18. The number of nitrogens with zero attached hydrogens (tertiary/aromatic N) is 1. The SMILES string of the molecule is CC[C@H](C(=O)Nc1c(-c2ccc(F)cc2)n[nH]c1C(C)C)c1ccccc1. The van der Waals surface area contributed by atoms with Gasteiger partial charge in [-0.25, -0.2) is 4.39 Å². The lowest BCUT2D eigenvalue weighted by molar-refractivity contribution is -0.117. The zero-order valence-corrected chi connectivity index (χ0v) is 15.8. The molecular formula is C22H24FN3O. The summed E-state index contributed by atoms with van der Waals surface area (Å²) in [7, 11) is 0. The van der Waals surface area contributed by atoms with E-state index in [9.17, 15) is 9.18 Å². The number of anilines is 1. The molecule has 0 radical (unpaired) electrons. The number of H-pyrrole nitrogens is 1. The summed E-state index contributed by atoms with van der Waals surface area (Å²) in [5, 5.41) is 10.5. The monoisotopic (exact) mass is 365 g/mol. The van der Waals surface area contributed by atoms with Crippen LogP contribution >= 0.6 is 0 Å². The molecule has 0 unspecified atom stereocenters. The molecule has 27 heavy (non-hydrogen) atoms. The highest BCUT2D eigenvalue weighted by Crippen LogP contribution is 2.34. The Labute approximate surface area is 158 Å². The molecule has 0 saturated carbocycles. The zero-order chi connectivity index (χ0) is 19.4. The molecule has 5 heteroatoms. The molecule has 1 aromatic heterocycles. The second kappa shape index (κ2) is 8.16. The average Bonchev–Trinajstić information content (AvgIpc) is 3.07. The predicted molar refractivity (Wildman–Crippen MR) is 106 cm³/mol. The van der Waals surface area contributed by atoms with Gasteiger partial charge in [0.15, 0.2) is 0 Å². The Bertz CT molecular complexity index is 901. The van der Waals surface area contributed by atoms with Crippen molar-refractivity contribution in [1.82, 2.24) is 10.2 Å². The number of nitrogens with one attached hydrogen (secondary N) is 2. The normalized spacial score (nSPS) is 12.2. The third kappa shape index (κ3) is 4.08. The minimum absolute atomic E-state index is 0.0737. The van der Waals surface area contributed by atoms with Crippen LogP contribution in [0, 0.1) is 5.82 Å². The molecule has 0 aliphatic carbocycles. The van der Waals surface area contributed by atoms with Crippen molar-refractivity contribution >= 4 is 11.6 Å². The topological polar surface area (TPSA) is 57.8 Å². The van der Waals surface area contributed by atoms with Crippen molar-refractivity contribution in [2.24, 2.45) is 0 Å². The molecule has 0 fully saturated rings. The van der Waals surface area contributed by atoms with E-state index in [4.69, 9.17) is 0 Å². The lowest BCUT2D eigenvalue weighted by Gasteiger charge is -2.17. The van der Waals surface area contributed by atoms with Crippen molar-refractivity contribution in [1.29, 1.82) is 0 Å². The van der Waals surface area contributed by atoms with Gasteiger partial charge in [-0.1, -0.05) is 51.1 Å². The van der Waals surface area contributed by atoms with Crippen LogP contribution in [0.25, 0.3) is 11.3 Å². The molecule has 2 aromatic carbocycles. The summed E-state index contributed by atoms with van der Waals surface area (Å²) in [6, 6.07) is 15.9. The Hall–Kier alpha value is -2.95. The standard InChI is InChI=1S/C22H24FN3O/c1-4-18(15-8-6-5-7-9-15)22(27)24-21-19(14(2)3)25-26-20(21)16-10-12-17(23)13-11-16/h5-14,18H,4H2,1-3H3,(H,24,27)(H,25,26)/t18-/m0/s1. The maximum Gasteiger partial charge on any atom is 0.232 e. The number of halogens is 1. The summed E-state index contributed by atoms with van der Waals surface area (Å²) in [6.07, 6.45) is 0.691. The highest BCUT2D eigenvalue weighted by Gasteiger charge is 2.24. The van der Waals surface area contributed by atoms with E-state index in [1.807, 2.05) is 51.1 Å². The summed E-state index contributed by atoms with van der Waals surface area (Å²) < 4.78 is 13.3. The third-order valence-electron chi connectivity index (χ3n) is 4.66. The predicted octanol–water partition coefficient (Wildman–Crippen LogP) is 5.47. The molecule has 140 valence electrons. The number of rotatable bonds is 6. The molecular weight excluding hydrogens is 341 g/mol. The molecule has 0 aliphatic rings. The fraction of sp³-hybridized carbons (Fsp3) is 0.273. The Balaban J connectivity index is 1.96. The molecule has 3 aromatic rings. The van der Waals surface area contributed by atoms with Crippen LogP contribution in [0.5, 0.6) is 0 Å². The Morgan fingerprint density at radius 1 is 1.11 bits per heavy atom. The first kappa shape index (κ1) is 18.8. The van der Waals surface area contributed by atoms with Gasteiger partial charge < -0.3 is 5.32 Å². The van der Waals surface area contributed by atoms with Gasteiger partial charge in [-0.15, -0.1) is 0 Å². The summed E-state index contributed by atoms with van der Waals surface area (Å²) in [5.41, 5.74) is 3.87. The minimum atomic E-state index is -0.306. The van der Waals surface area contributed by atoms with Gasteiger partial charge in [-0.05, 0) is 42.2 Å². The van der Waals surface area contributed by atoms with Crippen molar-refractivity contribution in [3.8, 4) is 11.3 Å². The Kier molecular flexibility index (Phi) is 5.69. The van der Waals surface area contributed by atoms with E-state index in [1.54, 1.807) is 12.1 Å². The smallest absolute Gasteiger partial charge is 0.232 e. The number of carbonyl (C=O) groups is 1. The highest BCUT2D eigenvalue weighted by molar-refractivity contribution is 5.99. The van der Waals surface area contributed by atoms with Gasteiger partial charge in [-0.3, -0.25) is 9.89 Å². The summed E-state index contributed by atoms with van der Waals surface area (Å²) >= 11 is 0. The molecule has 1 amide bonds. The van der Waals surface area contributed by atoms with Crippen LogP contribution in [0.4, 0.5) is 10.1 Å². The molecule has 3 rings (SSSR count). The van der Waals surface area contributed by atoms with Crippen molar-refractivity contribution < 1.29 is 9.18 Å². The summed E-state index contributed by atoms with van der Waals surface area (Å²) in [6.45, 7) is 6.06. The van der Waals surface area contributed by atoms with Gasteiger partial charge >= 0.3 is 0 Å². The van der Waals surface area contributed by atoms with E-state index in [1.165, 1.54) is 12.1 Å². The molecule has 0 bridgehead atoms. The largest absolute Gasteiger partial charge is 0.322 e. The lowest BCUT2D eigenvalue weighted by Crippen LogP contribution is -2.21. The molecule has 4 nitrogen and oxygen atoms in total. The van der Waals surface area contributed by atoms with Crippen LogP contribution in [-0.2, 0) is 4.79 Å². The number of aromatic nitrogens is 2. The molecule has 0 aliphatic heterocycles. The average molecular weight is 365 g/mol. The van der Waals surface area contributed by atoms with Crippen molar-refractivity contribution in [3.63, 3.8) is 0 Å². The molecule has 2 N–H and O–H groups in total. The van der Waals surface area contributed by atoms with Crippen LogP contribution in [0.3, 0.4) is 0 Å². The van der Waals surface area contributed by atoms with Gasteiger partial charge in [0.2, 0.25) is 5.91 Å². The van der Waals surface area contributed by atoms with E-state index in [0.29, 0.717) is 17.8 Å². The first-order chi connectivity index (χ1) is 13.0. The third-order valence-corrected chi connectivity index (χ3v) is 4.66. The summed E-state index contributed by atoms with van der Waals surface area (Å²) in [5.74, 6) is -0.476.